The van der Waals surface area contributed by atoms with Crippen molar-refractivity contribution >= 4 is 23.2 Å². The van der Waals surface area contributed by atoms with Crippen LogP contribution < -0.4 is 5.32 Å². The fourth-order valence-corrected chi connectivity index (χ4v) is 3.03. The SMILES string of the molecule is COC1CCCN(C(C)C(=O)Nc2ccc(C#N)c(Cl)c2)CC1. The van der Waals surface area contributed by atoms with Gasteiger partial charge in [-0.25, -0.2) is 0 Å². The summed E-state index contributed by atoms with van der Waals surface area (Å²) in [4.78, 5) is 14.6. The summed E-state index contributed by atoms with van der Waals surface area (Å²) in [5.74, 6) is -0.0679. The van der Waals surface area contributed by atoms with Crippen LogP contribution in [0.5, 0.6) is 0 Å². The third-order valence-corrected chi connectivity index (χ3v) is 4.64. The molecule has 1 N–H and O–H groups in total. The van der Waals surface area contributed by atoms with Gasteiger partial charge in [-0.05, 0) is 50.9 Å². The molecular weight excluding hydrogens is 314 g/mol. The Morgan fingerprint density at radius 3 is 2.91 bits per heavy atom. The van der Waals surface area contributed by atoms with Crippen LogP contribution in [0, 0.1) is 11.3 Å². The Morgan fingerprint density at radius 1 is 1.48 bits per heavy atom. The van der Waals surface area contributed by atoms with E-state index >= 15 is 0 Å². The predicted octanol–water partition coefficient (Wildman–Crippen LogP) is 3.04. The number of hydrogen-bond donors (Lipinski definition) is 1. The number of halogens is 1. The van der Waals surface area contributed by atoms with E-state index in [2.05, 4.69) is 10.2 Å². The van der Waals surface area contributed by atoms with Gasteiger partial charge in [0.2, 0.25) is 5.91 Å². The van der Waals surface area contributed by atoms with Crippen molar-refractivity contribution < 1.29 is 9.53 Å². The van der Waals surface area contributed by atoms with Gasteiger partial charge in [-0.3, -0.25) is 9.69 Å². The number of hydrogen-bond acceptors (Lipinski definition) is 4. The number of nitrogens with one attached hydrogen (secondary N) is 1. The Labute approximate surface area is 142 Å². The third kappa shape index (κ3) is 4.68. The molecule has 124 valence electrons. The number of nitrogens with zero attached hydrogens (tertiary/aromatic N) is 2. The first-order valence-corrected chi connectivity index (χ1v) is 8.20. The maximum absolute atomic E-state index is 12.4. The molecule has 1 fully saturated rings. The van der Waals surface area contributed by atoms with Crippen molar-refractivity contribution in [2.45, 2.75) is 38.3 Å². The smallest absolute Gasteiger partial charge is 0.241 e. The van der Waals surface area contributed by atoms with Gasteiger partial charge in [0.05, 0.1) is 22.7 Å². The molecule has 1 aromatic rings. The Morgan fingerprint density at radius 2 is 2.26 bits per heavy atom. The maximum Gasteiger partial charge on any atom is 0.241 e. The standard InChI is InChI=1S/C17H22ClN3O2/c1-12(21-8-3-4-15(23-2)7-9-21)17(22)20-14-6-5-13(11-19)16(18)10-14/h5-6,10,12,15H,3-4,7-9H2,1-2H3,(H,20,22). The molecule has 0 aliphatic carbocycles. The minimum Gasteiger partial charge on any atom is -0.381 e. The third-order valence-electron chi connectivity index (χ3n) is 4.33. The zero-order valence-electron chi connectivity index (χ0n) is 13.5. The number of nitriles is 1. The lowest BCUT2D eigenvalue weighted by atomic mass is 10.2. The highest BCUT2D eigenvalue weighted by molar-refractivity contribution is 6.32. The molecule has 2 unspecified atom stereocenters. The first kappa shape index (κ1) is 17.7. The molecule has 2 atom stereocenters. The van der Waals surface area contributed by atoms with Gasteiger partial charge in [0.15, 0.2) is 0 Å². The molecule has 23 heavy (non-hydrogen) atoms. The minimum absolute atomic E-state index is 0.0679. The molecule has 0 bridgehead atoms. The predicted molar refractivity (Wildman–Crippen MR) is 90.5 cm³/mol. The molecular formula is C17H22ClN3O2. The molecule has 1 aliphatic rings. The molecule has 1 saturated heterocycles. The highest BCUT2D eigenvalue weighted by Gasteiger charge is 2.24. The Bertz CT molecular complexity index is 600. The topological polar surface area (TPSA) is 65.4 Å². The monoisotopic (exact) mass is 335 g/mol. The molecule has 1 amide bonds. The van der Waals surface area contributed by atoms with E-state index in [1.807, 2.05) is 13.0 Å². The van der Waals surface area contributed by atoms with E-state index in [0.717, 1.165) is 32.4 Å². The average molecular weight is 336 g/mol. The number of rotatable bonds is 4. The Hall–Kier alpha value is -1.61. The van der Waals surface area contributed by atoms with Crippen molar-refractivity contribution in [2.75, 3.05) is 25.5 Å². The summed E-state index contributed by atoms with van der Waals surface area (Å²) in [6.45, 7) is 3.65. The second kappa shape index (κ2) is 8.30. The lowest BCUT2D eigenvalue weighted by molar-refractivity contribution is -0.120. The van der Waals surface area contributed by atoms with Gasteiger partial charge in [-0.1, -0.05) is 11.6 Å². The zero-order valence-corrected chi connectivity index (χ0v) is 14.3. The summed E-state index contributed by atoms with van der Waals surface area (Å²) >= 11 is 6.00. The van der Waals surface area contributed by atoms with E-state index < -0.39 is 0 Å². The van der Waals surface area contributed by atoms with Gasteiger partial charge < -0.3 is 10.1 Å². The molecule has 1 aliphatic heterocycles. The van der Waals surface area contributed by atoms with Crippen molar-refractivity contribution in [1.29, 1.82) is 5.26 Å². The van der Waals surface area contributed by atoms with Gasteiger partial charge >= 0.3 is 0 Å². The van der Waals surface area contributed by atoms with Crippen LogP contribution in [0.15, 0.2) is 18.2 Å². The molecule has 0 spiro atoms. The molecule has 0 saturated carbocycles. The van der Waals surface area contributed by atoms with Gasteiger partial charge in [-0.15, -0.1) is 0 Å². The molecule has 6 heteroatoms. The fourth-order valence-electron chi connectivity index (χ4n) is 2.81. The average Bonchev–Trinajstić information content (AvgIpc) is 2.79. The summed E-state index contributed by atoms with van der Waals surface area (Å²) < 4.78 is 5.42. The van der Waals surface area contributed by atoms with Crippen LogP contribution in [0.1, 0.15) is 31.7 Å². The van der Waals surface area contributed by atoms with Crippen LogP contribution in [0.25, 0.3) is 0 Å². The van der Waals surface area contributed by atoms with Crippen LogP contribution in [-0.4, -0.2) is 43.2 Å². The number of methoxy groups -OCH3 is 1. The lowest BCUT2D eigenvalue weighted by Gasteiger charge is -2.26. The fraction of sp³-hybridized carbons (Fsp3) is 0.529. The second-order valence-electron chi connectivity index (χ2n) is 5.80. The summed E-state index contributed by atoms with van der Waals surface area (Å²) in [7, 11) is 1.74. The molecule has 2 rings (SSSR count). The van der Waals surface area contributed by atoms with E-state index in [0.29, 0.717) is 16.3 Å². The quantitative estimate of drug-likeness (QED) is 0.918. The first-order chi connectivity index (χ1) is 11.0. The van der Waals surface area contributed by atoms with E-state index in [1.54, 1.807) is 25.3 Å². The van der Waals surface area contributed by atoms with Gasteiger partial charge in [0.1, 0.15) is 6.07 Å². The summed E-state index contributed by atoms with van der Waals surface area (Å²) in [5, 5.41) is 12.1. The van der Waals surface area contributed by atoms with Crippen molar-refractivity contribution in [3.8, 4) is 6.07 Å². The van der Waals surface area contributed by atoms with Crippen LogP contribution in [0.4, 0.5) is 5.69 Å². The number of carbonyl (C=O) groups excluding carboxylic acids is 1. The Balaban J connectivity index is 1.97. The van der Waals surface area contributed by atoms with Crippen molar-refractivity contribution in [3.63, 3.8) is 0 Å². The molecule has 1 heterocycles. The number of ether oxygens (including phenoxy) is 1. The molecule has 5 nitrogen and oxygen atoms in total. The van der Waals surface area contributed by atoms with Crippen molar-refractivity contribution in [3.05, 3.63) is 28.8 Å². The summed E-state index contributed by atoms with van der Waals surface area (Å²) in [6, 6.07) is 6.69. The molecule has 0 radical (unpaired) electrons. The second-order valence-corrected chi connectivity index (χ2v) is 6.20. The van der Waals surface area contributed by atoms with Crippen LogP contribution in [-0.2, 0) is 9.53 Å². The van der Waals surface area contributed by atoms with Crippen LogP contribution in [0.3, 0.4) is 0 Å². The zero-order chi connectivity index (χ0) is 16.8. The Kier molecular flexibility index (Phi) is 6.40. The number of likely N-dealkylation sites (tertiary alicyclic amines) is 1. The van der Waals surface area contributed by atoms with Gasteiger partial charge in [0, 0.05) is 19.3 Å². The number of benzene rings is 1. The van der Waals surface area contributed by atoms with E-state index in [1.165, 1.54) is 0 Å². The van der Waals surface area contributed by atoms with E-state index in [9.17, 15) is 4.79 Å². The van der Waals surface area contributed by atoms with E-state index in [4.69, 9.17) is 21.6 Å². The number of anilines is 1. The summed E-state index contributed by atoms with van der Waals surface area (Å²) in [6.07, 6.45) is 3.29. The molecule has 1 aromatic carbocycles. The van der Waals surface area contributed by atoms with Crippen LogP contribution in [0.2, 0.25) is 5.02 Å². The number of amides is 1. The van der Waals surface area contributed by atoms with Crippen LogP contribution >= 0.6 is 11.6 Å². The normalized spacial score (nSPS) is 20.3. The van der Waals surface area contributed by atoms with E-state index in [-0.39, 0.29) is 18.1 Å². The molecule has 0 aromatic heterocycles. The first-order valence-electron chi connectivity index (χ1n) is 7.82. The van der Waals surface area contributed by atoms with Gasteiger partial charge in [-0.2, -0.15) is 5.26 Å². The highest BCUT2D eigenvalue weighted by Crippen LogP contribution is 2.21. The highest BCUT2D eigenvalue weighted by atomic mass is 35.5. The van der Waals surface area contributed by atoms with Crippen molar-refractivity contribution in [1.82, 2.24) is 4.90 Å². The summed E-state index contributed by atoms with van der Waals surface area (Å²) in [5.41, 5.74) is 1.01. The largest absolute Gasteiger partial charge is 0.381 e. The van der Waals surface area contributed by atoms with Gasteiger partial charge in [0.25, 0.3) is 0 Å². The number of carbonyl (C=O) groups is 1. The maximum atomic E-state index is 12.4. The van der Waals surface area contributed by atoms with Crippen molar-refractivity contribution in [2.24, 2.45) is 0 Å². The lowest BCUT2D eigenvalue weighted by Crippen LogP contribution is -2.42. The minimum atomic E-state index is -0.222.